The average molecular weight is 360 g/mol. The minimum atomic E-state index is 0.115. The fourth-order valence-corrected chi connectivity index (χ4v) is 8.03. The number of hydrogen-bond acceptors (Lipinski definition) is 4. The third-order valence-corrected chi connectivity index (χ3v) is 8.70. The van der Waals surface area contributed by atoms with Crippen molar-refractivity contribution in [3.05, 3.63) is 0 Å². The minimum Gasteiger partial charge on any atom is -0.372 e. The first-order valence-electron chi connectivity index (χ1n) is 11.3. The minimum absolute atomic E-state index is 0.115. The molecule has 2 saturated heterocycles. The van der Waals surface area contributed by atoms with Gasteiger partial charge in [0.2, 0.25) is 0 Å². The van der Waals surface area contributed by atoms with Crippen molar-refractivity contribution in [2.75, 3.05) is 0 Å². The van der Waals surface area contributed by atoms with Crippen molar-refractivity contribution in [2.45, 2.75) is 125 Å². The van der Waals surface area contributed by atoms with Gasteiger partial charge < -0.3 is 18.9 Å². The molecule has 0 spiro atoms. The molecule has 8 rings (SSSR count). The van der Waals surface area contributed by atoms with Crippen molar-refractivity contribution in [1.82, 2.24) is 0 Å². The van der Waals surface area contributed by atoms with E-state index in [1.165, 1.54) is 57.8 Å². The first-order chi connectivity index (χ1) is 12.7. The lowest BCUT2D eigenvalue weighted by Crippen LogP contribution is -2.62. The second-order valence-corrected chi connectivity index (χ2v) is 10.9. The Balaban J connectivity index is 1.10. The van der Waals surface area contributed by atoms with Crippen LogP contribution < -0.4 is 0 Å². The van der Waals surface area contributed by atoms with Crippen molar-refractivity contribution < 1.29 is 18.9 Å². The zero-order valence-electron chi connectivity index (χ0n) is 15.7. The third kappa shape index (κ3) is 2.55. The smallest absolute Gasteiger partial charge is 0.0866 e. The summed E-state index contributed by atoms with van der Waals surface area (Å²) in [6.45, 7) is 0. The van der Waals surface area contributed by atoms with Crippen LogP contribution in [0.3, 0.4) is 0 Å². The molecule has 6 atom stereocenters. The fraction of sp³-hybridized carbons (Fsp3) is 1.00. The van der Waals surface area contributed by atoms with Gasteiger partial charge in [-0.2, -0.15) is 0 Å². The third-order valence-electron chi connectivity index (χ3n) is 8.70. The molecule has 0 aromatic heterocycles. The zero-order valence-corrected chi connectivity index (χ0v) is 15.7. The summed E-state index contributed by atoms with van der Waals surface area (Å²) in [4.78, 5) is 0. The maximum Gasteiger partial charge on any atom is 0.0866 e. The lowest BCUT2D eigenvalue weighted by molar-refractivity contribution is -0.264. The van der Waals surface area contributed by atoms with E-state index in [1.54, 1.807) is 0 Å². The normalized spacial score (nSPS) is 61.8. The maximum atomic E-state index is 6.95. The van der Waals surface area contributed by atoms with Crippen LogP contribution in [-0.4, -0.2) is 47.8 Å². The first kappa shape index (κ1) is 15.7. The topological polar surface area (TPSA) is 43.5 Å². The van der Waals surface area contributed by atoms with E-state index in [9.17, 15) is 0 Å². The SMILES string of the molecule is C1C2CC3(OC4CCC5OC5C4)CC1CC(OC1CCC4OC4C1)(C2)C3. The number of rotatable bonds is 4. The molecule has 6 aliphatic carbocycles. The van der Waals surface area contributed by atoms with Crippen molar-refractivity contribution >= 4 is 0 Å². The largest absolute Gasteiger partial charge is 0.372 e. The van der Waals surface area contributed by atoms with Crippen molar-refractivity contribution in [3.8, 4) is 0 Å². The van der Waals surface area contributed by atoms with Crippen molar-refractivity contribution in [1.29, 1.82) is 0 Å². The second kappa shape index (κ2) is 5.25. The van der Waals surface area contributed by atoms with E-state index in [4.69, 9.17) is 18.9 Å². The Labute approximate surface area is 156 Å². The van der Waals surface area contributed by atoms with Gasteiger partial charge >= 0.3 is 0 Å². The molecular formula is C22H32O4. The molecule has 0 aromatic carbocycles. The molecule has 8 fully saturated rings. The van der Waals surface area contributed by atoms with Gasteiger partial charge in [0, 0.05) is 19.3 Å². The molecule has 0 radical (unpaired) electrons. The molecule has 0 aromatic rings. The Morgan fingerprint density at radius 1 is 0.577 bits per heavy atom. The Morgan fingerprint density at radius 2 is 1.08 bits per heavy atom. The summed E-state index contributed by atoms with van der Waals surface area (Å²) >= 11 is 0. The van der Waals surface area contributed by atoms with E-state index in [0.717, 1.165) is 31.1 Å². The number of fused-ring (bicyclic) bond motifs is 2. The summed E-state index contributed by atoms with van der Waals surface area (Å²) in [6.07, 6.45) is 17.9. The molecule has 2 heterocycles. The molecule has 0 N–H and O–H groups in total. The Hall–Kier alpha value is -0.160. The van der Waals surface area contributed by atoms with E-state index in [-0.39, 0.29) is 11.2 Å². The molecule has 144 valence electrons. The van der Waals surface area contributed by atoms with Crippen LogP contribution >= 0.6 is 0 Å². The summed E-state index contributed by atoms with van der Waals surface area (Å²) in [5.41, 5.74) is 0.230. The molecule has 2 aliphatic heterocycles. The van der Waals surface area contributed by atoms with Crippen LogP contribution in [-0.2, 0) is 18.9 Å². The summed E-state index contributed by atoms with van der Waals surface area (Å²) in [6, 6.07) is 0. The Morgan fingerprint density at radius 3 is 1.54 bits per heavy atom. The number of epoxide rings is 2. The quantitative estimate of drug-likeness (QED) is 0.716. The lowest BCUT2D eigenvalue weighted by Gasteiger charge is -2.62. The molecule has 4 nitrogen and oxygen atoms in total. The highest BCUT2D eigenvalue weighted by Crippen LogP contribution is 2.61. The summed E-state index contributed by atoms with van der Waals surface area (Å²) in [5.74, 6) is 1.66. The molecule has 26 heavy (non-hydrogen) atoms. The van der Waals surface area contributed by atoms with Gasteiger partial charge in [-0.25, -0.2) is 0 Å². The Kier molecular flexibility index (Phi) is 3.18. The molecular weight excluding hydrogens is 328 g/mol. The molecule has 0 amide bonds. The maximum absolute atomic E-state index is 6.95. The van der Waals surface area contributed by atoms with Crippen molar-refractivity contribution in [3.63, 3.8) is 0 Å². The van der Waals surface area contributed by atoms with Gasteiger partial charge in [-0.1, -0.05) is 0 Å². The highest BCUT2D eigenvalue weighted by Gasteiger charge is 2.61. The predicted octanol–water partition coefficient (Wildman–Crippen LogP) is 3.75. The molecule has 8 aliphatic rings. The number of hydrogen-bond donors (Lipinski definition) is 0. The molecule has 6 unspecified atom stereocenters. The molecule has 4 heteroatoms. The van der Waals surface area contributed by atoms with Gasteiger partial charge in [-0.3, -0.25) is 0 Å². The predicted molar refractivity (Wildman–Crippen MR) is 94.9 cm³/mol. The lowest BCUT2D eigenvalue weighted by atomic mass is 9.52. The van der Waals surface area contributed by atoms with Gasteiger partial charge in [0.25, 0.3) is 0 Å². The second-order valence-electron chi connectivity index (χ2n) is 10.9. The Bertz CT molecular complexity index is 543. The van der Waals surface area contributed by atoms with Gasteiger partial charge in [0.15, 0.2) is 0 Å². The zero-order chi connectivity index (χ0) is 16.9. The van der Waals surface area contributed by atoms with Gasteiger partial charge in [-0.05, 0) is 69.6 Å². The van der Waals surface area contributed by atoms with E-state index in [2.05, 4.69) is 0 Å². The standard InChI is InChI=1S/C22H32O4/c1-3-17-19(23-17)6-15(1)25-21-8-13-5-14(9-21)11-22(10-13,12-21)26-16-2-4-18-20(7-16)24-18/h13-20H,1-12H2. The van der Waals surface area contributed by atoms with E-state index in [1.807, 2.05) is 0 Å². The highest BCUT2D eigenvalue weighted by atomic mass is 16.6. The molecule has 4 bridgehead atoms. The van der Waals surface area contributed by atoms with Crippen LogP contribution in [0.4, 0.5) is 0 Å². The first-order valence-corrected chi connectivity index (χ1v) is 11.3. The summed E-state index contributed by atoms with van der Waals surface area (Å²) in [7, 11) is 0. The monoisotopic (exact) mass is 360 g/mol. The number of ether oxygens (including phenoxy) is 4. The van der Waals surface area contributed by atoms with Crippen LogP contribution in [0.1, 0.15) is 77.0 Å². The van der Waals surface area contributed by atoms with Crippen LogP contribution in [0.15, 0.2) is 0 Å². The van der Waals surface area contributed by atoms with Crippen LogP contribution in [0.5, 0.6) is 0 Å². The van der Waals surface area contributed by atoms with Crippen LogP contribution in [0.2, 0.25) is 0 Å². The summed E-state index contributed by atoms with van der Waals surface area (Å²) < 4.78 is 25.4. The van der Waals surface area contributed by atoms with Gasteiger partial charge in [0.05, 0.1) is 47.8 Å². The average Bonchev–Trinajstić information content (AvgIpc) is 3.46. The van der Waals surface area contributed by atoms with Gasteiger partial charge in [0.1, 0.15) is 0 Å². The van der Waals surface area contributed by atoms with E-state index >= 15 is 0 Å². The van der Waals surface area contributed by atoms with E-state index in [0.29, 0.717) is 36.6 Å². The fourth-order valence-electron chi connectivity index (χ4n) is 8.03. The molecule has 6 saturated carbocycles. The van der Waals surface area contributed by atoms with Crippen LogP contribution in [0, 0.1) is 11.8 Å². The van der Waals surface area contributed by atoms with E-state index < -0.39 is 0 Å². The summed E-state index contributed by atoms with van der Waals surface area (Å²) in [5, 5.41) is 0. The van der Waals surface area contributed by atoms with Crippen molar-refractivity contribution in [2.24, 2.45) is 11.8 Å². The van der Waals surface area contributed by atoms with Crippen LogP contribution in [0.25, 0.3) is 0 Å². The van der Waals surface area contributed by atoms with Gasteiger partial charge in [-0.15, -0.1) is 0 Å². The highest BCUT2D eigenvalue weighted by molar-refractivity contribution is 5.12.